The van der Waals surface area contributed by atoms with Crippen LogP contribution in [0.15, 0.2) is 41.6 Å². The molecule has 108 valence electrons. The number of hydrogen-bond donors (Lipinski definition) is 2. The Morgan fingerprint density at radius 1 is 1.33 bits per heavy atom. The van der Waals surface area contributed by atoms with Crippen molar-refractivity contribution < 1.29 is 9.84 Å². The molecule has 1 aromatic carbocycles. The topological polar surface area (TPSA) is 71.0 Å². The monoisotopic (exact) mass is 301 g/mol. The minimum absolute atomic E-state index is 0.158. The number of aromatic amines is 1. The first-order chi connectivity index (χ1) is 10.3. The van der Waals surface area contributed by atoms with Crippen molar-refractivity contribution in [2.24, 2.45) is 0 Å². The lowest BCUT2D eigenvalue weighted by Crippen LogP contribution is -1.91. The molecule has 6 heteroatoms. The minimum atomic E-state index is 0.158. The van der Waals surface area contributed by atoms with E-state index in [1.54, 1.807) is 31.3 Å². The predicted molar refractivity (Wildman–Crippen MR) is 83.7 cm³/mol. The molecule has 0 saturated carbocycles. The maximum Gasteiger partial charge on any atom is 0.142 e. The number of thioether (sulfide) groups is 1. The summed E-state index contributed by atoms with van der Waals surface area (Å²) in [5.74, 6) is 2.18. The number of H-pyrrole nitrogens is 1. The SMILES string of the molecule is COc1cc(SCCO)ccc1-c1nc2ccncc2[nH]1. The molecule has 21 heavy (non-hydrogen) atoms. The quantitative estimate of drug-likeness (QED) is 0.709. The molecule has 2 heterocycles. The van der Waals surface area contributed by atoms with Gasteiger partial charge in [0.05, 0.1) is 36.5 Å². The molecule has 0 aliphatic heterocycles. The molecule has 2 aromatic heterocycles. The second kappa shape index (κ2) is 6.15. The molecule has 0 atom stereocenters. The van der Waals surface area contributed by atoms with E-state index in [-0.39, 0.29) is 6.61 Å². The molecule has 3 rings (SSSR count). The summed E-state index contributed by atoms with van der Waals surface area (Å²) in [6.07, 6.45) is 3.47. The van der Waals surface area contributed by atoms with E-state index in [1.165, 1.54) is 0 Å². The van der Waals surface area contributed by atoms with Gasteiger partial charge in [0.2, 0.25) is 0 Å². The van der Waals surface area contributed by atoms with Crippen LogP contribution in [0.4, 0.5) is 0 Å². The first-order valence-electron chi connectivity index (χ1n) is 6.53. The zero-order chi connectivity index (χ0) is 14.7. The van der Waals surface area contributed by atoms with Crippen LogP contribution in [-0.2, 0) is 0 Å². The van der Waals surface area contributed by atoms with Gasteiger partial charge in [-0.05, 0) is 24.3 Å². The predicted octanol–water partition coefficient (Wildman–Crippen LogP) is 2.72. The molecule has 3 aromatic rings. The Kier molecular flexibility index (Phi) is 4.08. The van der Waals surface area contributed by atoms with E-state index in [0.29, 0.717) is 5.75 Å². The molecule has 5 nitrogen and oxygen atoms in total. The van der Waals surface area contributed by atoms with Gasteiger partial charge >= 0.3 is 0 Å². The van der Waals surface area contributed by atoms with E-state index < -0.39 is 0 Å². The molecule has 0 spiro atoms. The third kappa shape index (κ3) is 2.86. The number of hydrogen-bond acceptors (Lipinski definition) is 5. The fourth-order valence-electron chi connectivity index (χ4n) is 2.10. The zero-order valence-corrected chi connectivity index (χ0v) is 12.4. The standard InChI is InChI=1S/C15H15N3O2S/c1-20-14-8-10(21-7-6-19)2-3-11(14)15-17-12-4-5-16-9-13(12)18-15/h2-5,8-9,19H,6-7H2,1H3,(H,17,18). The van der Waals surface area contributed by atoms with E-state index in [0.717, 1.165) is 33.1 Å². The van der Waals surface area contributed by atoms with Crippen molar-refractivity contribution in [2.75, 3.05) is 19.5 Å². The number of nitrogens with zero attached hydrogens (tertiary/aromatic N) is 2. The Bertz CT molecular complexity index is 725. The van der Waals surface area contributed by atoms with Gasteiger partial charge in [-0.3, -0.25) is 4.98 Å². The van der Waals surface area contributed by atoms with Gasteiger partial charge in [0.25, 0.3) is 0 Å². The van der Waals surface area contributed by atoms with E-state index in [1.807, 2.05) is 24.3 Å². The summed E-state index contributed by atoms with van der Waals surface area (Å²) in [7, 11) is 1.64. The molecular weight excluding hydrogens is 286 g/mol. The van der Waals surface area contributed by atoms with Crippen molar-refractivity contribution in [3.05, 3.63) is 36.7 Å². The van der Waals surface area contributed by atoms with Crippen molar-refractivity contribution >= 4 is 22.8 Å². The van der Waals surface area contributed by atoms with Crippen LogP contribution in [-0.4, -0.2) is 39.5 Å². The Morgan fingerprint density at radius 2 is 2.24 bits per heavy atom. The van der Waals surface area contributed by atoms with Gasteiger partial charge in [0, 0.05) is 16.8 Å². The zero-order valence-electron chi connectivity index (χ0n) is 11.5. The first-order valence-corrected chi connectivity index (χ1v) is 7.52. The average molecular weight is 301 g/mol. The highest BCUT2D eigenvalue weighted by molar-refractivity contribution is 7.99. The van der Waals surface area contributed by atoms with Crippen molar-refractivity contribution in [1.82, 2.24) is 15.0 Å². The maximum atomic E-state index is 8.89. The summed E-state index contributed by atoms with van der Waals surface area (Å²) in [5, 5.41) is 8.89. The van der Waals surface area contributed by atoms with Crippen LogP contribution < -0.4 is 4.74 Å². The summed E-state index contributed by atoms with van der Waals surface area (Å²) in [5.41, 5.74) is 2.68. The third-order valence-corrected chi connectivity index (χ3v) is 4.05. The molecule has 0 bridgehead atoms. The first kappa shape index (κ1) is 13.9. The highest BCUT2D eigenvalue weighted by Crippen LogP contribution is 2.33. The Balaban J connectivity index is 2.00. The number of nitrogens with one attached hydrogen (secondary N) is 1. The molecule has 0 aliphatic rings. The lowest BCUT2D eigenvalue weighted by atomic mass is 10.2. The van der Waals surface area contributed by atoms with Crippen molar-refractivity contribution in [3.63, 3.8) is 0 Å². The molecule has 0 amide bonds. The normalized spacial score (nSPS) is 11.0. The lowest BCUT2D eigenvalue weighted by molar-refractivity contribution is 0.322. The number of rotatable bonds is 5. The molecule has 0 aliphatic carbocycles. The highest BCUT2D eigenvalue weighted by Gasteiger charge is 2.11. The number of fused-ring (bicyclic) bond motifs is 1. The number of ether oxygens (including phenoxy) is 1. The number of benzene rings is 1. The smallest absolute Gasteiger partial charge is 0.142 e. The fraction of sp³-hybridized carbons (Fsp3) is 0.200. The van der Waals surface area contributed by atoms with Gasteiger partial charge in [-0.25, -0.2) is 4.98 Å². The van der Waals surface area contributed by atoms with Gasteiger partial charge < -0.3 is 14.8 Å². The number of aliphatic hydroxyl groups excluding tert-OH is 1. The number of aliphatic hydroxyl groups is 1. The number of aromatic nitrogens is 3. The molecule has 0 radical (unpaired) electrons. The van der Waals surface area contributed by atoms with E-state index in [9.17, 15) is 0 Å². The van der Waals surface area contributed by atoms with Crippen LogP contribution in [0.3, 0.4) is 0 Å². The van der Waals surface area contributed by atoms with Crippen LogP contribution in [0.2, 0.25) is 0 Å². The van der Waals surface area contributed by atoms with Crippen LogP contribution in [0, 0.1) is 0 Å². The minimum Gasteiger partial charge on any atom is -0.496 e. The van der Waals surface area contributed by atoms with Crippen LogP contribution in [0.1, 0.15) is 0 Å². The third-order valence-electron chi connectivity index (χ3n) is 3.07. The Morgan fingerprint density at radius 3 is 3.00 bits per heavy atom. The molecule has 0 unspecified atom stereocenters. The van der Waals surface area contributed by atoms with Crippen molar-refractivity contribution in [1.29, 1.82) is 0 Å². The van der Waals surface area contributed by atoms with Crippen LogP contribution >= 0.6 is 11.8 Å². The number of methoxy groups -OCH3 is 1. The van der Waals surface area contributed by atoms with Gasteiger partial charge in [0.15, 0.2) is 0 Å². The largest absolute Gasteiger partial charge is 0.496 e. The highest BCUT2D eigenvalue weighted by atomic mass is 32.2. The van der Waals surface area contributed by atoms with Gasteiger partial charge in [-0.15, -0.1) is 11.8 Å². The number of pyridine rings is 1. The van der Waals surface area contributed by atoms with Gasteiger partial charge in [0.1, 0.15) is 11.6 Å². The fourth-order valence-corrected chi connectivity index (χ4v) is 2.79. The molecule has 2 N–H and O–H groups in total. The average Bonchev–Trinajstić information content (AvgIpc) is 2.96. The summed E-state index contributed by atoms with van der Waals surface area (Å²) in [6.45, 7) is 0.158. The number of imidazole rings is 1. The van der Waals surface area contributed by atoms with E-state index in [2.05, 4.69) is 15.0 Å². The Labute approximate surface area is 126 Å². The van der Waals surface area contributed by atoms with E-state index in [4.69, 9.17) is 9.84 Å². The van der Waals surface area contributed by atoms with Crippen LogP contribution in [0.25, 0.3) is 22.4 Å². The summed E-state index contributed by atoms with van der Waals surface area (Å²) in [6, 6.07) is 7.81. The van der Waals surface area contributed by atoms with Gasteiger partial charge in [-0.1, -0.05) is 0 Å². The lowest BCUT2D eigenvalue weighted by Gasteiger charge is -2.08. The summed E-state index contributed by atoms with van der Waals surface area (Å²) >= 11 is 1.59. The second-order valence-corrected chi connectivity index (χ2v) is 5.58. The van der Waals surface area contributed by atoms with Gasteiger partial charge in [-0.2, -0.15) is 0 Å². The molecular formula is C15H15N3O2S. The summed E-state index contributed by atoms with van der Waals surface area (Å²) < 4.78 is 5.46. The van der Waals surface area contributed by atoms with E-state index >= 15 is 0 Å². The molecule has 0 fully saturated rings. The van der Waals surface area contributed by atoms with Crippen LogP contribution in [0.5, 0.6) is 5.75 Å². The van der Waals surface area contributed by atoms with Crippen molar-refractivity contribution in [3.8, 4) is 17.1 Å². The Hall–Kier alpha value is -2.05. The maximum absolute atomic E-state index is 8.89. The summed E-state index contributed by atoms with van der Waals surface area (Å²) in [4.78, 5) is 12.9. The molecule has 0 saturated heterocycles. The second-order valence-electron chi connectivity index (χ2n) is 4.41. The van der Waals surface area contributed by atoms with Crippen molar-refractivity contribution in [2.45, 2.75) is 4.90 Å².